The topological polar surface area (TPSA) is 75.6 Å². The largest absolute Gasteiger partial charge is 0.309 e. The molecule has 0 bridgehead atoms. The van der Waals surface area contributed by atoms with Crippen LogP contribution in [0.25, 0.3) is 5.69 Å². The number of benzene rings is 1. The Balaban J connectivity index is 1.46. The monoisotopic (exact) mass is 357 g/mol. The average molecular weight is 357 g/mol. The molecule has 1 saturated carbocycles. The number of nitrogens with zero attached hydrogens (tertiary/aromatic N) is 3. The number of hydrogen-bond acceptors (Lipinski definition) is 3. The molecule has 134 valence electrons. The molecule has 2 heterocycles. The van der Waals surface area contributed by atoms with Gasteiger partial charge >= 0.3 is 0 Å². The second-order valence-corrected chi connectivity index (χ2v) is 6.48. The molecule has 1 atom stereocenters. The number of hydrogen-bond donors (Lipinski definition) is 2. The highest BCUT2D eigenvalue weighted by Crippen LogP contribution is 2.39. The van der Waals surface area contributed by atoms with Gasteiger partial charge < -0.3 is 5.32 Å². The van der Waals surface area contributed by atoms with Crippen molar-refractivity contribution in [1.29, 1.82) is 0 Å². The lowest BCUT2D eigenvalue weighted by Gasteiger charge is -2.08. The predicted molar refractivity (Wildman–Crippen MR) is 91.1 cm³/mol. The van der Waals surface area contributed by atoms with Crippen LogP contribution < -0.4 is 5.32 Å². The Morgan fingerprint density at radius 2 is 2.08 bits per heavy atom. The first-order valence-electron chi connectivity index (χ1n) is 8.38. The molecule has 1 aliphatic rings. The number of anilines is 1. The molecule has 8 heteroatoms. The third-order valence-corrected chi connectivity index (χ3v) is 4.48. The van der Waals surface area contributed by atoms with Gasteiger partial charge in [-0.2, -0.15) is 10.2 Å². The van der Waals surface area contributed by atoms with E-state index in [9.17, 15) is 13.6 Å². The van der Waals surface area contributed by atoms with Crippen molar-refractivity contribution in [3.05, 3.63) is 59.6 Å². The van der Waals surface area contributed by atoms with E-state index in [0.29, 0.717) is 23.1 Å². The molecule has 26 heavy (non-hydrogen) atoms. The SMILES string of the molecule is CC(C(=O)Nc1cc(C2CC2)[nH]n1)c1ccn(-c2ccc(F)c(F)c2)n1. The Labute approximate surface area is 148 Å². The lowest BCUT2D eigenvalue weighted by atomic mass is 10.1. The van der Waals surface area contributed by atoms with Crippen molar-refractivity contribution in [3.63, 3.8) is 0 Å². The number of nitrogens with one attached hydrogen (secondary N) is 2. The van der Waals surface area contributed by atoms with Crippen LogP contribution in [0.1, 0.15) is 43.0 Å². The summed E-state index contributed by atoms with van der Waals surface area (Å²) in [6, 6.07) is 7.04. The Hall–Kier alpha value is -3.03. The van der Waals surface area contributed by atoms with E-state index in [4.69, 9.17) is 0 Å². The van der Waals surface area contributed by atoms with Crippen molar-refractivity contribution in [2.45, 2.75) is 31.6 Å². The highest BCUT2D eigenvalue weighted by Gasteiger charge is 2.26. The highest BCUT2D eigenvalue weighted by molar-refractivity contribution is 5.94. The summed E-state index contributed by atoms with van der Waals surface area (Å²) in [6.45, 7) is 1.72. The molecule has 2 aromatic heterocycles. The lowest BCUT2D eigenvalue weighted by molar-refractivity contribution is -0.117. The number of carbonyl (C=O) groups excluding carboxylic acids is 1. The third-order valence-electron chi connectivity index (χ3n) is 4.48. The fourth-order valence-corrected chi connectivity index (χ4v) is 2.71. The second kappa shape index (κ2) is 6.36. The molecule has 0 spiro atoms. The van der Waals surface area contributed by atoms with Gasteiger partial charge in [0.15, 0.2) is 17.5 Å². The van der Waals surface area contributed by atoms with E-state index < -0.39 is 17.6 Å². The molecule has 1 aliphatic carbocycles. The Kier molecular flexibility index (Phi) is 4.02. The van der Waals surface area contributed by atoms with E-state index in [1.54, 1.807) is 19.2 Å². The van der Waals surface area contributed by atoms with Gasteiger partial charge in [-0.25, -0.2) is 13.5 Å². The summed E-state index contributed by atoms with van der Waals surface area (Å²) >= 11 is 0. The van der Waals surface area contributed by atoms with Crippen LogP contribution in [0.4, 0.5) is 14.6 Å². The first-order valence-corrected chi connectivity index (χ1v) is 8.38. The number of amides is 1. The molecule has 2 N–H and O–H groups in total. The van der Waals surface area contributed by atoms with Gasteiger partial charge in [0.05, 0.1) is 17.3 Å². The van der Waals surface area contributed by atoms with Crippen LogP contribution in [-0.4, -0.2) is 25.9 Å². The highest BCUT2D eigenvalue weighted by atomic mass is 19.2. The fraction of sp³-hybridized carbons (Fsp3) is 0.278. The Bertz CT molecular complexity index is 960. The van der Waals surface area contributed by atoms with Crippen LogP contribution in [0.15, 0.2) is 36.5 Å². The van der Waals surface area contributed by atoms with Crippen LogP contribution in [0.5, 0.6) is 0 Å². The smallest absolute Gasteiger partial charge is 0.234 e. The van der Waals surface area contributed by atoms with Crippen molar-refractivity contribution in [2.24, 2.45) is 0 Å². The number of carbonyl (C=O) groups is 1. The minimum atomic E-state index is -0.949. The molecule has 4 rings (SSSR count). The molecule has 0 radical (unpaired) electrons. The number of aromatic amines is 1. The minimum absolute atomic E-state index is 0.241. The Morgan fingerprint density at radius 1 is 1.27 bits per heavy atom. The molecule has 1 aromatic carbocycles. The van der Waals surface area contributed by atoms with Gasteiger partial charge in [-0.15, -0.1) is 0 Å². The van der Waals surface area contributed by atoms with Gasteiger partial charge in [0.2, 0.25) is 5.91 Å². The van der Waals surface area contributed by atoms with Crippen LogP contribution in [0, 0.1) is 11.6 Å². The van der Waals surface area contributed by atoms with Gasteiger partial charge in [0.1, 0.15) is 0 Å². The molecular formula is C18H17F2N5O. The van der Waals surface area contributed by atoms with Crippen LogP contribution in [0.2, 0.25) is 0 Å². The predicted octanol–water partition coefficient (Wildman–Crippen LogP) is 3.49. The maximum atomic E-state index is 13.4. The molecule has 3 aromatic rings. The van der Waals surface area contributed by atoms with E-state index in [0.717, 1.165) is 30.7 Å². The van der Waals surface area contributed by atoms with Crippen molar-refractivity contribution in [1.82, 2.24) is 20.0 Å². The first-order chi connectivity index (χ1) is 12.5. The van der Waals surface area contributed by atoms with Gasteiger partial charge in [-0.1, -0.05) is 0 Å². The van der Waals surface area contributed by atoms with E-state index in [-0.39, 0.29) is 5.91 Å². The van der Waals surface area contributed by atoms with Crippen molar-refractivity contribution in [3.8, 4) is 5.69 Å². The zero-order valence-corrected chi connectivity index (χ0v) is 14.0. The van der Waals surface area contributed by atoms with Crippen LogP contribution >= 0.6 is 0 Å². The summed E-state index contributed by atoms with van der Waals surface area (Å²) < 4.78 is 27.8. The standard InChI is InChI=1S/C18H17F2N5O/c1-10(18(26)21-17-9-16(22-23-17)11-2-3-11)15-6-7-25(24-15)12-4-5-13(19)14(20)8-12/h4-11H,2-3H2,1H3,(H2,21,22,23,26). The maximum absolute atomic E-state index is 13.4. The van der Waals surface area contributed by atoms with E-state index in [1.165, 1.54) is 10.7 Å². The number of aromatic nitrogens is 4. The molecule has 6 nitrogen and oxygen atoms in total. The van der Waals surface area contributed by atoms with Gasteiger partial charge in [-0.05, 0) is 38.0 Å². The van der Waals surface area contributed by atoms with E-state index >= 15 is 0 Å². The second-order valence-electron chi connectivity index (χ2n) is 6.48. The lowest BCUT2D eigenvalue weighted by Crippen LogP contribution is -2.19. The zero-order chi connectivity index (χ0) is 18.3. The van der Waals surface area contributed by atoms with Crippen LogP contribution in [-0.2, 0) is 4.79 Å². The minimum Gasteiger partial charge on any atom is -0.309 e. The summed E-state index contributed by atoms with van der Waals surface area (Å²) in [7, 11) is 0. The quantitative estimate of drug-likeness (QED) is 0.734. The Morgan fingerprint density at radius 3 is 2.81 bits per heavy atom. The summed E-state index contributed by atoms with van der Waals surface area (Å²) in [5.41, 5.74) is 1.94. The molecule has 0 aliphatic heterocycles. The summed E-state index contributed by atoms with van der Waals surface area (Å²) in [4.78, 5) is 12.4. The summed E-state index contributed by atoms with van der Waals surface area (Å²) in [5.74, 6) is -1.62. The molecule has 1 amide bonds. The van der Waals surface area contributed by atoms with Gasteiger partial charge in [0, 0.05) is 29.9 Å². The van der Waals surface area contributed by atoms with Crippen LogP contribution in [0.3, 0.4) is 0 Å². The van der Waals surface area contributed by atoms with Gasteiger partial charge in [0.25, 0.3) is 0 Å². The third kappa shape index (κ3) is 3.22. The first kappa shape index (κ1) is 16.4. The van der Waals surface area contributed by atoms with Crippen molar-refractivity contribution < 1.29 is 13.6 Å². The fourth-order valence-electron chi connectivity index (χ4n) is 2.71. The zero-order valence-electron chi connectivity index (χ0n) is 14.0. The molecular weight excluding hydrogens is 340 g/mol. The maximum Gasteiger partial charge on any atom is 0.234 e. The summed E-state index contributed by atoms with van der Waals surface area (Å²) in [6.07, 6.45) is 3.90. The normalized spacial score (nSPS) is 15.0. The number of H-pyrrole nitrogens is 1. The van der Waals surface area contributed by atoms with Gasteiger partial charge in [-0.3, -0.25) is 9.89 Å². The van der Waals surface area contributed by atoms with Crippen molar-refractivity contribution >= 4 is 11.7 Å². The number of halogens is 2. The van der Waals surface area contributed by atoms with Crippen molar-refractivity contribution in [2.75, 3.05) is 5.32 Å². The van der Waals surface area contributed by atoms with E-state index in [2.05, 4.69) is 20.6 Å². The summed E-state index contributed by atoms with van der Waals surface area (Å²) in [5, 5.41) is 14.1. The number of rotatable bonds is 5. The molecule has 0 saturated heterocycles. The molecule has 1 fully saturated rings. The average Bonchev–Trinajstić information content (AvgIpc) is 3.17. The molecule has 1 unspecified atom stereocenters. The van der Waals surface area contributed by atoms with E-state index in [1.807, 2.05) is 6.07 Å².